The van der Waals surface area contributed by atoms with E-state index >= 15 is 0 Å². The molecule has 0 aliphatic carbocycles. The van der Waals surface area contributed by atoms with Crippen molar-refractivity contribution in [1.82, 2.24) is 0 Å². The molecule has 0 spiro atoms. The molecule has 0 fully saturated rings. The maximum atomic E-state index is 12.3. The Morgan fingerprint density at radius 1 is 1.05 bits per heavy atom. The molecule has 0 aliphatic rings. The quantitative estimate of drug-likeness (QED) is 0.741. The van der Waals surface area contributed by atoms with Crippen LogP contribution in [0.4, 0.5) is 11.4 Å². The molecule has 20 heavy (non-hydrogen) atoms. The molecule has 0 aromatic heterocycles. The number of rotatable bonds is 3. The van der Waals surface area contributed by atoms with Crippen molar-refractivity contribution in [3.8, 4) is 0 Å². The molecule has 0 atom stereocenters. The lowest BCUT2D eigenvalue weighted by atomic mass is 10.2. The molecule has 0 unspecified atom stereocenters. The second-order valence-electron chi connectivity index (χ2n) is 4.25. The molecule has 7 heteroatoms. The zero-order valence-electron chi connectivity index (χ0n) is 10.5. The van der Waals surface area contributed by atoms with Crippen LogP contribution >= 0.6 is 31.9 Å². The number of benzene rings is 2. The van der Waals surface area contributed by atoms with Gasteiger partial charge >= 0.3 is 0 Å². The highest BCUT2D eigenvalue weighted by atomic mass is 79.9. The predicted octanol–water partition coefficient (Wildman–Crippen LogP) is 3.90. The molecular formula is C13H12Br2N2O2S. The number of sulfonamides is 1. The highest BCUT2D eigenvalue weighted by molar-refractivity contribution is 9.10. The molecule has 0 saturated carbocycles. The largest absolute Gasteiger partial charge is 0.398 e. The lowest BCUT2D eigenvalue weighted by Crippen LogP contribution is -2.13. The third-order valence-electron chi connectivity index (χ3n) is 2.70. The fraction of sp³-hybridized carbons (Fsp3) is 0.0769. The van der Waals surface area contributed by atoms with E-state index in [1.54, 1.807) is 18.2 Å². The van der Waals surface area contributed by atoms with Crippen LogP contribution in [0.1, 0.15) is 5.56 Å². The summed E-state index contributed by atoms with van der Waals surface area (Å²) in [6, 6.07) is 9.77. The number of nitrogens with one attached hydrogen (secondary N) is 1. The number of nitrogen functional groups attached to an aromatic ring is 1. The summed E-state index contributed by atoms with van der Waals surface area (Å²) < 4.78 is 28.6. The first-order chi connectivity index (χ1) is 9.29. The van der Waals surface area contributed by atoms with E-state index in [1.165, 1.54) is 12.1 Å². The number of nitrogens with two attached hydrogens (primary N) is 1. The van der Waals surface area contributed by atoms with Crippen molar-refractivity contribution in [2.75, 3.05) is 10.5 Å². The van der Waals surface area contributed by atoms with Crippen molar-refractivity contribution in [1.29, 1.82) is 0 Å². The van der Waals surface area contributed by atoms with Gasteiger partial charge < -0.3 is 5.73 Å². The molecule has 3 N–H and O–H groups in total. The Morgan fingerprint density at radius 2 is 1.75 bits per heavy atom. The molecular weight excluding hydrogens is 408 g/mol. The number of anilines is 2. The van der Waals surface area contributed by atoms with Crippen LogP contribution in [0.5, 0.6) is 0 Å². The summed E-state index contributed by atoms with van der Waals surface area (Å²) in [5.74, 6) is 0. The van der Waals surface area contributed by atoms with E-state index in [0.717, 1.165) is 10.0 Å². The second-order valence-corrected chi connectivity index (χ2v) is 7.64. The van der Waals surface area contributed by atoms with Gasteiger partial charge in [-0.05, 0) is 58.7 Å². The summed E-state index contributed by atoms with van der Waals surface area (Å²) in [7, 11) is -3.65. The van der Waals surface area contributed by atoms with E-state index in [9.17, 15) is 8.42 Å². The summed E-state index contributed by atoms with van der Waals surface area (Å²) in [6.45, 7) is 1.93. The van der Waals surface area contributed by atoms with Crippen molar-refractivity contribution >= 4 is 53.3 Å². The van der Waals surface area contributed by atoms with Gasteiger partial charge in [0.25, 0.3) is 10.0 Å². The van der Waals surface area contributed by atoms with Crippen LogP contribution in [0, 0.1) is 6.92 Å². The lowest BCUT2D eigenvalue weighted by Gasteiger charge is -2.10. The molecule has 2 rings (SSSR count). The summed E-state index contributed by atoms with van der Waals surface area (Å²) in [5, 5.41) is 0. The van der Waals surface area contributed by atoms with Crippen molar-refractivity contribution in [3.63, 3.8) is 0 Å². The minimum Gasteiger partial charge on any atom is -0.398 e. The smallest absolute Gasteiger partial charge is 0.261 e. The van der Waals surface area contributed by atoms with Gasteiger partial charge in [-0.3, -0.25) is 4.72 Å². The van der Waals surface area contributed by atoms with Crippen LogP contribution < -0.4 is 10.5 Å². The molecule has 106 valence electrons. The fourth-order valence-electron chi connectivity index (χ4n) is 1.56. The van der Waals surface area contributed by atoms with Crippen LogP contribution in [0.15, 0.2) is 50.2 Å². The zero-order valence-corrected chi connectivity index (χ0v) is 14.5. The Kier molecular flexibility index (Phi) is 4.41. The molecule has 0 amide bonds. The SMILES string of the molecule is Cc1ccc(NS(=O)(=O)c2ccc(Br)c(N)c2)cc1Br. The number of hydrogen-bond donors (Lipinski definition) is 2. The van der Waals surface area contributed by atoms with Crippen molar-refractivity contribution < 1.29 is 8.42 Å². The van der Waals surface area contributed by atoms with Gasteiger partial charge in [0.15, 0.2) is 0 Å². The lowest BCUT2D eigenvalue weighted by molar-refractivity contribution is 0.601. The summed E-state index contributed by atoms with van der Waals surface area (Å²) in [6.07, 6.45) is 0. The van der Waals surface area contributed by atoms with Gasteiger partial charge in [-0.1, -0.05) is 22.0 Å². The Morgan fingerprint density at radius 3 is 2.35 bits per heavy atom. The Hall–Kier alpha value is -1.05. The maximum absolute atomic E-state index is 12.3. The first-order valence-corrected chi connectivity index (χ1v) is 8.70. The van der Waals surface area contributed by atoms with Gasteiger partial charge in [-0.25, -0.2) is 8.42 Å². The van der Waals surface area contributed by atoms with E-state index < -0.39 is 10.0 Å². The molecule has 2 aromatic rings. The van der Waals surface area contributed by atoms with Gasteiger partial charge in [0.05, 0.1) is 4.90 Å². The summed E-state index contributed by atoms with van der Waals surface area (Å²) in [4.78, 5) is 0.120. The number of hydrogen-bond acceptors (Lipinski definition) is 3. The molecule has 0 saturated heterocycles. The van der Waals surface area contributed by atoms with Gasteiger partial charge in [0.2, 0.25) is 0 Å². The molecule has 0 bridgehead atoms. The third kappa shape index (κ3) is 3.34. The molecule has 2 aromatic carbocycles. The standard InChI is InChI=1S/C13H12Br2N2O2S/c1-8-2-3-9(6-12(8)15)17-20(18,19)10-4-5-11(14)13(16)7-10/h2-7,17H,16H2,1H3. The van der Waals surface area contributed by atoms with Crippen molar-refractivity contribution in [2.24, 2.45) is 0 Å². The highest BCUT2D eigenvalue weighted by Gasteiger charge is 2.15. The molecule has 0 radical (unpaired) electrons. The fourth-order valence-corrected chi connectivity index (χ4v) is 3.27. The molecule has 0 aliphatic heterocycles. The van der Waals surface area contributed by atoms with Crippen LogP contribution in [-0.2, 0) is 10.0 Å². The van der Waals surface area contributed by atoms with Crippen LogP contribution in [0.25, 0.3) is 0 Å². The topological polar surface area (TPSA) is 72.2 Å². The number of aryl methyl sites for hydroxylation is 1. The van der Waals surface area contributed by atoms with Gasteiger partial charge in [-0.15, -0.1) is 0 Å². The van der Waals surface area contributed by atoms with E-state index in [4.69, 9.17) is 5.73 Å². The van der Waals surface area contributed by atoms with Gasteiger partial charge in [-0.2, -0.15) is 0 Å². The maximum Gasteiger partial charge on any atom is 0.261 e. The number of halogens is 2. The van der Waals surface area contributed by atoms with Gasteiger partial charge in [0.1, 0.15) is 0 Å². The average molecular weight is 420 g/mol. The Labute approximate surface area is 134 Å². The normalized spacial score (nSPS) is 11.3. The van der Waals surface area contributed by atoms with E-state index in [1.807, 2.05) is 13.0 Å². The van der Waals surface area contributed by atoms with Crippen LogP contribution in [-0.4, -0.2) is 8.42 Å². The summed E-state index contributed by atoms with van der Waals surface area (Å²) >= 11 is 6.60. The minimum absolute atomic E-state index is 0.120. The van der Waals surface area contributed by atoms with Crippen molar-refractivity contribution in [3.05, 3.63) is 50.9 Å². The van der Waals surface area contributed by atoms with E-state index in [-0.39, 0.29) is 4.90 Å². The van der Waals surface area contributed by atoms with Crippen LogP contribution in [0.2, 0.25) is 0 Å². The van der Waals surface area contributed by atoms with Crippen LogP contribution in [0.3, 0.4) is 0 Å². The zero-order chi connectivity index (χ0) is 14.9. The molecule has 4 nitrogen and oxygen atoms in total. The third-order valence-corrected chi connectivity index (χ3v) is 5.66. The monoisotopic (exact) mass is 418 g/mol. The second kappa shape index (κ2) is 5.75. The summed E-state index contributed by atoms with van der Waals surface area (Å²) in [5.41, 5.74) is 7.60. The van der Waals surface area contributed by atoms with Crippen molar-refractivity contribution in [2.45, 2.75) is 11.8 Å². The average Bonchev–Trinajstić information content (AvgIpc) is 2.37. The van der Waals surface area contributed by atoms with Gasteiger partial charge in [0, 0.05) is 20.3 Å². The molecule has 0 heterocycles. The first kappa shape index (κ1) is 15.3. The Balaban J connectivity index is 2.35. The van der Waals surface area contributed by atoms with E-state index in [2.05, 4.69) is 36.6 Å². The Bertz CT molecular complexity index is 761. The minimum atomic E-state index is -3.65. The predicted molar refractivity (Wildman–Crippen MR) is 88.2 cm³/mol. The first-order valence-electron chi connectivity index (χ1n) is 5.63. The van der Waals surface area contributed by atoms with E-state index in [0.29, 0.717) is 15.8 Å². The highest BCUT2D eigenvalue weighted by Crippen LogP contribution is 2.26.